The lowest BCUT2D eigenvalue weighted by Gasteiger charge is -2.36. The minimum Gasteiger partial charge on any atom is -0.442 e. The van der Waals surface area contributed by atoms with E-state index in [-0.39, 0.29) is 18.1 Å². The van der Waals surface area contributed by atoms with Crippen LogP contribution in [0.3, 0.4) is 0 Å². The van der Waals surface area contributed by atoms with E-state index >= 15 is 0 Å². The number of carbonyl (C=O) groups excluding carboxylic acids is 2. The van der Waals surface area contributed by atoms with Crippen LogP contribution in [0.15, 0.2) is 30.3 Å². The Morgan fingerprint density at radius 3 is 2.61 bits per heavy atom. The van der Waals surface area contributed by atoms with Gasteiger partial charge in [0, 0.05) is 32.2 Å². The fourth-order valence-electron chi connectivity index (χ4n) is 3.69. The van der Waals surface area contributed by atoms with Gasteiger partial charge >= 0.3 is 11.1 Å². The van der Waals surface area contributed by atoms with Gasteiger partial charge in [0.1, 0.15) is 11.9 Å². The van der Waals surface area contributed by atoms with Crippen LogP contribution in [-0.4, -0.2) is 62.8 Å². The molecule has 1 atom stereocenters. The Morgan fingerprint density at radius 2 is 1.97 bits per heavy atom. The van der Waals surface area contributed by atoms with Crippen LogP contribution in [0.5, 0.6) is 0 Å². The molecular formula is C19H20FN5O5S. The van der Waals surface area contributed by atoms with Crippen LogP contribution in [0.4, 0.5) is 30.6 Å². The number of anilines is 3. The number of halogens is 1. The van der Waals surface area contributed by atoms with Crippen molar-refractivity contribution in [3.63, 3.8) is 0 Å². The fourth-order valence-corrected chi connectivity index (χ4v) is 4.56. The number of nitrogens with one attached hydrogen (secondary N) is 1. The van der Waals surface area contributed by atoms with Crippen LogP contribution in [0.2, 0.25) is 0 Å². The van der Waals surface area contributed by atoms with Crippen molar-refractivity contribution in [2.24, 2.45) is 0 Å². The first kappa shape index (κ1) is 20.8. The maximum absolute atomic E-state index is 14.9. The first-order valence-electron chi connectivity index (χ1n) is 9.65. The molecule has 0 unspecified atom stereocenters. The lowest BCUT2D eigenvalue weighted by Crippen LogP contribution is -2.46. The van der Waals surface area contributed by atoms with Gasteiger partial charge in [-0.15, -0.1) is 0 Å². The molecule has 3 heterocycles. The summed E-state index contributed by atoms with van der Waals surface area (Å²) in [6.45, 7) is 2.78. The Balaban J connectivity index is 1.39. The number of hydrogen-bond donors (Lipinski definition) is 1. The van der Waals surface area contributed by atoms with Gasteiger partial charge in [0.05, 0.1) is 34.4 Å². The molecule has 0 radical (unpaired) electrons. The first-order chi connectivity index (χ1) is 15.0. The number of piperazine rings is 1. The average Bonchev–Trinajstić information content (AvgIpc) is 3.39. The zero-order chi connectivity index (χ0) is 22.0. The molecule has 31 heavy (non-hydrogen) atoms. The van der Waals surface area contributed by atoms with Crippen LogP contribution >= 0.6 is 11.3 Å². The summed E-state index contributed by atoms with van der Waals surface area (Å²) in [6, 6.07) is 7.85. The Labute approximate surface area is 180 Å². The largest absolute Gasteiger partial charge is 0.442 e. The zero-order valence-corrected chi connectivity index (χ0v) is 17.2. The van der Waals surface area contributed by atoms with Crippen molar-refractivity contribution in [1.82, 2.24) is 5.32 Å². The van der Waals surface area contributed by atoms with Gasteiger partial charge in [-0.2, -0.15) is 0 Å². The first-order valence-corrected chi connectivity index (χ1v) is 10.5. The van der Waals surface area contributed by atoms with Crippen molar-refractivity contribution in [3.8, 4) is 0 Å². The second-order valence-electron chi connectivity index (χ2n) is 7.12. The number of rotatable bonds is 7. The number of nitrogens with zero attached hydrogens (tertiary/aromatic N) is 4. The molecule has 4 rings (SSSR count). The van der Waals surface area contributed by atoms with Crippen molar-refractivity contribution >= 4 is 45.2 Å². The van der Waals surface area contributed by atoms with Crippen molar-refractivity contribution in [1.29, 1.82) is 0 Å². The molecule has 10 nitrogen and oxygen atoms in total. The van der Waals surface area contributed by atoms with Gasteiger partial charge in [0.25, 0.3) is 0 Å². The van der Waals surface area contributed by atoms with E-state index in [1.165, 1.54) is 17.0 Å². The SMILES string of the molecule is O=CNC[C@H]1CN(c2ccc(N3CCN(c4ccc([N+](=O)[O-])s4)CC3)c(F)c2)C(=O)O1. The summed E-state index contributed by atoms with van der Waals surface area (Å²) in [5.74, 6) is -0.444. The molecule has 2 aromatic rings. The highest BCUT2D eigenvalue weighted by molar-refractivity contribution is 7.19. The zero-order valence-electron chi connectivity index (χ0n) is 16.4. The van der Waals surface area contributed by atoms with E-state index in [2.05, 4.69) is 5.32 Å². The van der Waals surface area contributed by atoms with Crippen LogP contribution in [0, 0.1) is 15.9 Å². The predicted molar refractivity (Wildman–Crippen MR) is 113 cm³/mol. The van der Waals surface area contributed by atoms with Crippen LogP contribution < -0.4 is 20.0 Å². The number of benzene rings is 1. The Bertz CT molecular complexity index is 994. The summed E-state index contributed by atoms with van der Waals surface area (Å²) >= 11 is 1.13. The Morgan fingerprint density at radius 1 is 1.23 bits per heavy atom. The van der Waals surface area contributed by atoms with E-state index in [0.717, 1.165) is 16.3 Å². The summed E-state index contributed by atoms with van der Waals surface area (Å²) in [5, 5.41) is 14.3. The lowest BCUT2D eigenvalue weighted by molar-refractivity contribution is -0.380. The van der Waals surface area contributed by atoms with E-state index in [0.29, 0.717) is 44.0 Å². The van der Waals surface area contributed by atoms with Gasteiger partial charge < -0.3 is 19.9 Å². The van der Waals surface area contributed by atoms with E-state index in [9.17, 15) is 24.1 Å². The van der Waals surface area contributed by atoms with Crippen molar-refractivity contribution < 1.29 is 23.6 Å². The van der Waals surface area contributed by atoms with Gasteiger partial charge in [-0.25, -0.2) is 9.18 Å². The molecule has 2 aliphatic rings. The quantitative estimate of drug-likeness (QED) is 0.392. The second-order valence-corrected chi connectivity index (χ2v) is 8.16. The van der Waals surface area contributed by atoms with Gasteiger partial charge in [-0.3, -0.25) is 19.8 Å². The molecule has 12 heteroatoms. The summed E-state index contributed by atoms with van der Waals surface area (Å²) in [5.41, 5.74) is 0.830. The number of hydrogen-bond acceptors (Lipinski definition) is 8. The summed E-state index contributed by atoms with van der Waals surface area (Å²) in [4.78, 5) is 38.3. The Kier molecular flexibility index (Phi) is 5.89. The smallest absolute Gasteiger partial charge is 0.414 e. The third-order valence-electron chi connectivity index (χ3n) is 5.24. The van der Waals surface area contributed by atoms with E-state index in [4.69, 9.17) is 4.74 Å². The summed E-state index contributed by atoms with van der Waals surface area (Å²) < 4.78 is 20.0. The standard InChI is InChI=1S/C19H20FN5O5S/c20-15-9-13(24-11-14(10-21-12-26)30-19(24)27)1-2-16(15)22-5-7-23(8-6-22)17-3-4-18(31-17)25(28)29/h1-4,9,12,14H,5-8,10-11H2,(H,21,26)/t14-/m0/s1. The number of ether oxygens (including phenoxy) is 1. The maximum Gasteiger partial charge on any atom is 0.414 e. The third-order valence-corrected chi connectivity index (χ3v) is 6.33. The highest BCUT2D eigenvalue weighted by atomic mass is 32.1. The van der Waals surface area contributed by atoms with Crippen LogP contribution in [-0.2, 0) is 9.53 Å². The molecule has 2 amide bonds. The number of cyclic esters (lactones) is 1. The molecule has 2 aliphatic heterocycles. The second kappa shape index (κ2) is 8.76. The van der Waals surface area contributed by atoms with Gasteiger partial charge in [0.15, 0.2) is 0 Å². The van der Waals surface area contributed by atoms with E-state index < -0.39 is 22.9 Å². The molecule has 0 spiro atoms. The number of thiophene rings is 1. The molecule has 1 aromatic heterocycles. The van der Waals surface area contributed by atoms with E-state index in [1.807, 2.05) is 9.80 Å². The average molecular weight is 449 g/mol. The molecular weight excluding hydrogens is 429 g/mol. The van der Waals surface area contributed by atoms with Crippen molar-refractivity contribution in [2.45, 2.75) is 6.10 Å². The van der Waals surface area contributed by atoms with Gasteiger partial charge in [0.2, 0.25) is 6.41 Å². The molecule has 0 bridgehead atoms. The highest BCUT2D eigenvalue weighted by Gasteiger charge is 2.33. The maximum atomic E-state index is 14.9. The molecule has 164 valence electrons. The van der Waals surface area contributed by atoms with Crippen molar-refractivity contribution in [2.75, 3.05) is 54.0 Å². The van der Waals surface area contributed by atoms with Crippen LogP contribution in [0.1, 0.15) is 0 Å². The van der Waals surface area contributed by atoms with Crippen LogP contribution in [0.25, 0.3) is 0 Å². The predicted octanol–water partition coefficient (Wildman–Crippen LogP) is 2.19. The fraction of sp³-hybridized carbons (Fsp3) is 0.368. The monoisotopic (exact) mass is 449 g/mol. The molecule has 1 N–H and O–H groups in total. The summed E-state index contributed by atoms with van der Waals surface area (Å²) in [6.07, 6.45) is -0.533. The number of carbonyl (C=O) groups is 2. The molecule has 0 saturated carbocycles. The molecule has 1 aromatic carbocycles. The van der Waals surface area contributed by atoms with E-state index in [1.54, 1.807) is 18.2 Å². The molecule has 2 saturated heterocycles. The summed E-state index contributed by atoms with van der Waals surface area (Å²) in [7, 11) is 0. The van der Waals surface area contributed by atoms with Gasteiger partial charge in [-0.1, -0.05) is 0 Å². The van der Waals surface area contributed by atoms with Gasteiger partial charge in [-0.05, 0) is 35.6 Å². The Hall–Kier alpha value is -3.41. The minimum atomic E-state index is -0.580. The minimum absolute atomic E-state index is 0.101. The third kappa shape index (κ3) is 4.38. The number of nitro groups is 1. The molecule has 0 aliphatic carbocycles. The normalized spacial score (nSPS) is 18.8. The van der Waals surface area contributed by atoms with Crippen molar-refractivity contribution in [3.05, 3.63) is 46.3 Å². The number of amides is 2. The molecule has 2 fully saturated rings. The highest BCUT2D eigenvalue weighted by Crippen LogP contribution is 2.33. The topological polar surface area (TPSA) is 108 Å². The lowest BCUT2D eigenvalue weighted by atomic mass is 10.2.